The van der Waals surface area contributed by atoms with Gasteiger partial charge >= 0.3 is 0 Å². The Bertz CT molecular complexity index is 522. The van der Waals surface area contributed by atoms with Gasteiger partial charge in [-0.25, -0.2) is 4.98 Å². The van der Waals surface area contributed by atoms with Crippen molar-refractivity contribution in [2.75, 3.05) is 0 Å². The minimum Gasteiger partial charge on any atom is -0.352 e. The van der Waals surface area contributed by atoms with Crippen LogP contribution in [0.15, 0.2) is 17.6 Å². The molecule has 1 fully saturated rings. The third-order valence-electron chi connectivity index (χ3n) is 3.96. The molecule has 0 aromatic carbocycles. The monoisotopic (exact) mass is 324 g/mol. The first kappa shape index (κ1) is 17.3. The van der Waals surface area contributed by atoms with Crippen molar-refractivity contribution in [3.8, 4) is 0 Å². The van der Waals surface area contributed by atoms with E-state index in [4.69, 9.17) is 0 Å². The minimum absolute atomic E-state index is 0.0375. The summed E-state index contributed by atoms with van der Waals surface area (Å²) in [5.41, 5.74) is 0.0749. The van der Waals surface area contributed by atoms with E-state index >= 15 is 0 Å². The number of rotatable bonds is 4. The number of piperidine rings is 1. The summed E-state index contributed by atoms with van der Waals surface area (Å²) in [5.74, 6) is 0.0894. The number of hydrogen-bond acceptors (Lipinski definition) is 4. The largest absolute Gasteiger partial charge is 0.352 e. The number of amides is 1. The van der Waals surface area contributed by atoms with Crippen LogP contribution in [0.2, 0.25) is 0 Å². The topological polar surface area (TPSA) is 59.0 Å². The molecule has 2 N–H and O–H groups in total. The second-order valence-corrected chi connectivity index (χ2v) is 8.90. The second kappa shape index (κ2) is 6.24. The number of nitrogens with one attached hydrogen (secondary N) is 2. The van der Waals surface area contributed by atoms with E-state index in [0.717, 1.165) is 18.0 Å². The fraction of sp³-hybridized carbons (Fsp3) is 0.750. The van der Waals surface area contributed by atoms with Crippen LogP contribution in [0.1, 0.15) is 47.5 Å². The number of carbonyl (C=O) groups is 1. The fourth-order valence-corrected chi connectivity index (χ4v) is 4.26. The maximum absolute atomic E-state index is 12.5. The van der Waals surface area contributed by atoms with E-state index in [9.17, 15) is 4.79 Å². The van der Waals surface area contributed by atoms with Crippen molar-refractivity contribution in [3.05, 3.63) is 12.4 Å². The van der Waals surface area contributed by atoms with Crippen LogP contribution < -0.4 is 10.6 Å². The lowest BCUT2D eigenvalue weighted by atomic mass is 9.79. The Morgan fingerprint density at radius 2 is 2.00 bits per heavy atom. The molecule has 1 aliphatic rings. The molecule has 0 saturated carbocycles. The van der Waals surface area contributed by atoms with Crippen molar-refractivity contribution in [3.63, 3.8) is 0 Å². The summed E-state index contributed by atoms with van der Waals surface area (Å²) in [6.45, 7) is 10.7. The van der Waals surface area contributed by atoms with E-state index in [1.807, 2.05) is 24.7 Å². The van der Waals surface area contributed by atoms with Crippen molar-refractivity contribution < 1.29 is 4.79 Å². The molecule has 1 unspecified atom stereocenters. The summed E-state index contributed by atoms with van der Waals surface area (Å²) >= 11 is 1.50. The maximum Gasteiger partial charge on any atom is 0.233 e. The molecule has 22 heavy (non-hydrogen) atoms. The van der Waals surface area contributed by atoms with Gasteiger partial charge in [-0.1, -0.05) is 11.8 Å². The fourth-order valence-electron chi connectivity index (χ4n) is 3.42. The smallest absolute Gasteiger partial charge is 0.233 e. The first-order valence-electron chi connectivity index (χ1n) is 7.82. The number of imidazole rings is 1. The molecule has 6 heteroatoms. The molecule has 0 bridgehead atoms. The van der Waals surface area contributed by atoms with Crippen LogP contribution in [-0.4, -0.2) is 37.8 Å². The van der Waals surface area contributed by atoms with Gasteiger partial charge in [0.15, 0.2) is 5.16 Å². The standard InChI is InChI=1S/C16H28N4OS/c1-11(22-14-17-7-8-20(14)6)13(21)18-12-9-15(2,3)19-16(4,5)10-12/h7-8,11-12,19H,9-10H2,1-6H3,(H,18,21). The van der Waals surface area contributed by atoms with Gasteiger partial charge < -0.3 is 15.2 Å². The van der Waals surface area contributed by atoms with Gasteiger partial charge in [-0.3, -0.25) is 4.79 Å². The minimum atomic E-state index is -0.151. The van der Waals surface area contributed by atoms with Gasteiger partial charge in [0.2, 0.25) is 5.91 Å². The number of hydrogen-bond donors (Lipinski definition) is 2. The van der Waals surface area contributed by atoms with E-state index in [0.29, 0.717) is 0 Å². The van der Waals surface area contributed by atoms with Gasteiger partial charge in [0.05, 0.1) is 5.25 Å². The Morgan fingerprint density at radius 1 is 1.41 bits per heavy atom. The third-order valence-corrected chi connectivity index (χ3v) is 5.14. The van der Waals surface area contributed by atoms with Crippen molar-refractivity contribution >= 4 is 17.7 Å². The molecule has 5 nitrogen and oxygen atoms in total. The molecule has 0 spiro atoms. The Balaban J connectivity index is 1.95. The molecular formula is C16H28N4OS. The van der Waals surface area contributed by atoms with Gasteiger partial charge in [-0.15, -0.1) is 0 Å². The average molecular weight is 324 g/mol. The lowest BCUT2D eigenvalue weighted by Gasteiger charge is -2.46. The summed E-state index contributed by atoms with van der Waals surface area (Å²) < 4.78 is 1.94. The predicted molar refractivity (Wildman–Crippen MR) is 91.0 cm³/mol. The van der Waals surface area contributed by atoms with Crippen molar-refractivity contribution in [2.45, 2.75) is 75.0 Å². The quantitative estimate of drug-likeness (QED) is 0.835. The van der Waals surface area contributed by atoms with Crippen molar-refractivity contribution in [1.82, 2.24) is 20.2 Å². The lowest BCUT2D eigenvalue weighted by molar-refractivity contribution is -0.121. The zero-order valence-corrected chi connectivity index (χ0v) is 15.3. The molecule has 2 heterocycles. The molecule has 1 aromatic rings. The third kappa shape index (κ3) is 4.49. The highest BCUT2D eigenvalue weighted by molar-refractivity contribution is 8.00. The van der Waals surface area contributed by atoms with Crippen molar-refractivity contribution in [2.24, 2.45) is 7.05 Å². The zero-order valence-electron chi connectivity index (χ0n) is 14.4. The first-order chi connectivity index (χ1) is 10.1. The number of thioether (sulfide) groups is 1. The van der Waals surface area contributed by atoms with Gasteiger partial charge in [0, 0.05) is 36.6 Å². The molecule has 1 atom stereocenters. The van der Waals surface area contributed by atoms with E-state index in [1.54, 1.807) is 6.20 Å². The lowest BCUT2D eigenvalue weighted by Crippen LogP contribution is -2.62. The SMILES string of the molecule is CC(Sc1nccn1C)C(=O)NC1CC(C)(C)NC(C)(C)C1. The molecular weight excluding hydrogens is 296 g/mol. The molecule has 1 aromatic heterocycles. The van der Waals surface area contributed by atoms with Crippen LogP contribution in [0.4, 0.5) is 0 Å². The molecule has 2 rings (SSSR count). The van der Waals surface area contributed by atoms with E-state index in [-0.39, 0.29) is 28.3 Å². The number of aryl methyl sites for hydroxylation is 1. The first-order valence-corrected chi connectivity index (χ1v) is 8.70. The van der Waals surface area contributed by atoms with E-state index in [2.05, 4.69) is 43.3 Å². The molecule has 124 valence electrons. The molecule has 1 aliphatic heterocycles. The van der Waals surface area contributed by atoms with Gasteiger partial charge in [0.1, 0.15) is 0 Å². The molecule has 0 aliphatic carbocycles. The highest BCUT2D eigenvalue weighted by Crippen LogP contribution is 2.29. The summed E-state index contributed by atoms with van der Waals surface area (Å²) in [6, 6.07) is 0.211. The normalized spacial score (nSPS) is 22.3. The van der Waals surface area contributed by atoms with Crippen LogP contribution in [0.3, 0.4) is 0 Å². The second-order valence-electron chi connectivity index (χ2n) is 7.59. The van der Waals surface area contributed by atoms with Crippen LogP contribution in [0.5, 0.6) is 0 Å². The molecule has 1 amide bonds. The van der Waals surface area contributed by atoms with Crippen LogP contribution in [0.25, 0.3) is 0 Å². The highest BCUT2D eigenvalue weighted by atomic mass is 32.2. The van der Waals surface area contributed by atoms with Crippen LogP contribution in [0, 0.1) is 0 Å². The predicted octanol–water partition coefficient (Wildman–Crippen LogP) is 2.33. The summed E-state index contributed by atoms with van der Waals surface area (Å²) in [4.78, 5) is 16.7. The summed E-state index contributed by atoms with van der Waals surface area (Å²) in [5, 5.41) is 7.58. The number of carbonyl (C=O) groups excluding carboxylic acids is 1. The van der Waals surface area contributed by atoms with Gasteiger partial charge in [-0.2, -0.15) is 0 Å². The zero-order chi connectivity index (χ0) is 16.5. The highest BCUT2D eigenvalue weighted by Gasteiger charge is 2.38. The Labute approximate surface area is 137 Å². The maximum atomic E-state index is 12.5. The Kier molecular flexibility index (Phi) is 4.92. The van der Waals surface area contributed by atoms with E-state index in [1.165, 1.54) is 11.8 Å². The van der Waals surface area contributed by atoms with Crippen LogP contribution in [-0.2, 0) is 11.8 Å². The van der Waals surface area contributed by atoms with Gasteiger partial charge in [-0.05, 0) is 47.5 Å². The average Bonchev–Trinajstić information content (AvgIpc) is 2.70. The Hall–Kier alpha value is -1.01. The summed E-state index contributed by atoms with van der Waals surface area (Å²) in [6.07, 6.45) is 5.54. The Morgan fingerprint density at radius 3 is 2.50 bits per heavy atom. The number of nitrogens with zero attached hydrogens (tertiary/aromatic N) is 2. The molecule has 1 saturated heterocycles. The molecule has 0 radical (unpaired) electrons. The van der Waals surface area contributed by atoms with E-state index < -0.39 is 0 Å². The summed E-state index contributed by atoms with van der Waals surface area (Å²) in [7, 11) is 1.94. The van der Waals surface area contributed by atoms with Crippen molar-refractivity contribution in [1.29, 1.82) is 0 Å². The van der Waals surface area contributed by atoms with Gasteiger partial charge in [0.25, 0.3) is 0 Å². The number of aromatic nitrogens is 2. The van der Waals surface area contributed by atoms with Crippen LogP contribution >= 0.6 is 11.8 Å².